The minimum Gasteiger partial charge on any atom is -0.353 e. The van der Waals surface area contributed by atoms with Crippen LogP contribution in [-0.4, -0.2) is 22.6 Å². The Hall–Kier alpha value is -1.36. The summed E-state index contributed by atoms with van der Waals surface area (Å²) < 4.78 is 0. The average molecular weight is 221 g/mol. The van der Waals surface area contributed by atoms with Crippen molar-refractivity contribution < 1.29 is 0 Å². The van der Waals surface area contributed by atoms with Crippen LogP contribution >= 0.6 is 0 Å². The first-order valence-corrected chi connectivity index (χ1v) is 5.76. The molecule has 1 aliphatic rings. The van der Waals surface area contributed by atoms with Gasteiger partial charge in [0.2, 0.25) is 0 Å². The zero-order valence-electron chi connectivity index (χ0n) is 9.85. The van der Waals surface area contributed by atoms with E-state index >= 15 is 0 Å². The van der Waals surface area contributed by atoms with Crippen molar-refractivity contribution in [3.63, 3.8) is 0 Å². The monoisotopic (exact) mass is 221 g/mol. The van der Waals surface area contributed by atoms with Gasteiger partial charge in [-0.1, -0.05) is 6.92 Å². The van der Waals surface area contributed by atoms with Crippen molar-refractivity contribution in [1.29, 1.82) is 0 Å². The lowest BCUT2D eigenvalue weighted by Crippen LogP contribution is -2.41. The summed E-state index contributed by atoms with van der Waals surface area (Å²) in [5, 5.41) is 0. The predicted octanol–water partition coefficient (Wildman–Crippen LogP) is 1.39. The van der Waals surface area contributed by atoms with Crippen LogP contribution in [0.15, 0.2) is 12.4 Å². The Morgan fingerprint density at radius 1 is 1.38 bits per heavy atom. The Kier molecular flexibility index (Phi) is 3.24. The third-order valence-corrected chi connectivity index (χ3v) is 3.21. The molecule has 0 saturated carbocycles. The second-order valence-electron chi connectivity index (χ2n) is 4.59. The van der Waals surface area contributed by atoms with Crippen LogP contribution in [0.3, 0.4) is 0 Å². The van der Waals surface area contributed by atoms with E-state index in [4.69, 9.17) is 5.84 Å². The van der Waals surface area contributed by atoms with Crippen LogP contribution in [0, 0.1) is 5.92 Å². The summed E-state index contributed by atoms with van der Waals surface area (Å²) in [4.78, 5) is 10.7. The van der Waals surface area contributed by atoms with E-state index in [0.29, 0.717) is 11.9 Å². The molecular formula is C11H19N5. The summed E-state index contributed by atoms with van der Waals surface area (Å²) in [6.45, 7) is 5.58. The first-order valence-electron chi connectivity index (χ1n) is 5.76. The molecule has 1 aliphatic heterocycles. The summed E-state index contributed by atoms with van der Waals surface area (Å²) in [5.41, 5.74) is 2.55. The maximum absolute atomic E-state index is 5.35. The maximum Gasteiger partial charge on any atom is 0.145 e. The zero-order chi connectivity index (χ0) is 11.5. The lowest BCUT2D eigenvalue weighted by Gasteiger charge is -2.37. The van der Waals surface area contributed by atoms with E-state index in [9.17, 15) is 0 Å². The van der Waals surface area contributed by atoms with Gasteiger partial charge in [-0.15, -0.1) is 0 Å². The molecule has 1 aromatic heterocycles. The van der Waals surface area contributed by atoms with Crippen molar-refractivity contribution in [2.45, 2.75) is 32.7 Å². The van der Waals surface area contributed by atoms with Crippen molar-refractivity contribution >= 4 is 11.6 Å². The molecule has 0 aromatic carbocycles. The summed E-state index contributed by atoms with van der Waals surface area (Å²) in [6, 6.07) is 2.44. The molecule has 5 nitrogen and oxygen atoms in total. The molecule has 1 aromatic rings. The van der Waals surface area contributed by atoms with E-state index in [2.05, 4.69) is 34.1 Å². The largest absolute Gasteiger partial charge is 0.353 e. The van der Waals surface area contributed by atoms with Gasteiger partial charge in [0.25, 0.3) is 0 Å². The highest BCUT2D eigenvalue weighted by molar-refractivity contribution is 5.48. The molecule has 0 aliphatic carbocycles. The number of nitrogens with two attached hydrogens (primary N) is 1. The van der Waals surface area contributed by atoms with Crippen LogP contribution in [0.2, 0.25) is 0 Å². The molecule has 1 saturated heterocycles. The minimum atomic E-state index is 0.539. The van der Waals surface area contributed by atoms with Crippen molar-refractivity contribution in [2.75, 3.05) is 16.9 Å². The average Bonchev–Trinajstić information content (AvgIpc) is 2.32. The van der Waals surface area contributed by atoms with Gasteiger partial charge >= 0.3 is 0 Å². The topological polar surface area (TPSA) is 67.1 Å². The van der Waals surface area contributed by atoms with Crippen molar-refractivity contribution in [3.8, 4) is 0 Å². The lowest BCUT2D eigenvalue weighted by atomic mass is 9.95. The summed E-state index contributed by atoms with van der Waals surface area (Å²) >= 11 is 0. The van der Waals surface area contributed by atoms with Gasteiger partial charge in [0, 0.05) is 18.7 Å². The number of nitrogen functional groups attached to an aromatic ring is 1. The number of hydrogen-bond acceptors (Lipinski definition) is 5. The fraction of sp³-hybridized carbons (Fsp3) is 0.636. The number of hydrogen-bond donors (Lipinski definition) is 2. The van der Waals surface area contributed by atoms with Gasteiger partial charge in [0.15, 0.2) is 0 Å². The molecule has 3 N–H and O–H groups in total. The number of nitrogens with one attached hydrogen (secondary N) is 1. The van der Waals surface area contributed by atoms with E-state index < -0.39 is 0 Å². The highest BCUT2D eigenvalue weighted by Crippen LogP contribution is 2.26. The number of hydrazine groups is 1. The third kappa shape index (κ3) is 2.24. The standard InChI is InChI=1S/C11H19N5/c1-8-3-4-9(2)16(6-8)11-5-10(15-12)13-7-14-11/h5,7-9H,3-4,6,12H2,1-2H3,(H,13,14,15). The van der Waals surface area contributed by atoms with E-state index in [0.717, 1.165) is 18.3 Å². The summed E-state index contributed by atoms with van der Waals surface area (Å²) in [5.74, 6) is 7.70. The Balaban J connectivity index is 2.20. The summed E-state index contributed by atoms with van der Waals surface area (Å²) in [7, 11) is 0. The Bertz CT molecular complexity index is 354. The fourth-order valence-electron chi connectivity index (χ4n) is 2.19. The van der Waals surface area contributed by atoms with Gasteiger partial charge in [0.1, 0.15) is 18.0 Å². The second kappa shape index (κ2) is 4.65. The van der Waals surface area contributed by atoms with Crippen LogP contribution in [0.5, 0.6) is 0 Å². The van der Waals surface area contributed by atoms with E-state index in [-0.39, 0.29) is 0 Å². The molecule has 0 radical (unpaired) electrons. The first kappa shape index (κ1) is 11.1. The molecule has 2 atom stereocenters. The van der Waals surface area contributed by atoms with Gasteiger partial charge in [-0.3, -0.25) is 0 Å². The van der Waals surface area contributed by atoms with Gasteiger partial charge < -0.3 is 10.3 Å². The maximum atomic E-state index is 5.35. The van der Waals surface area contributed by atoms with E-state index in [1.807, 2.05) is 6.07 Å². The molecule has 1 fully saturated rings. The van der Waals surface area contributed by atoms with Crippen LogP contribution < -0.4 is 16.2 Å². The van der Waals surface area contributed by atoms with Gasteiger partial charge in [-0.05, 0) is 25.7 Å². The number of rotatable bonds is 2. The third-order valence-electron chi connectivity index (χ3n) is 3.21. The Morgan fingerprint density at radius 2 is 2.19 bits per heavy atom. The molecule has 5 heteroatoms. The quantitative estimate of drug-likeness (QED) is 0.583. The van der Waals surface area contributed by atoms with Crippen molar-refractivity contribution in [3.05, 3.63) is 12.4 Å². The lowest BCUT2D eigenvalue weighted by molar-refractivity contribution is 0.388. The molecule has 0 amide bonds. The molecule has 0 spiro atoms. The van der Waals surface area contributed by atoms with Crippen LogP contribution in [0.1, 0.15) is 26.7 Å². The highest BCUT2D eigenvalue weighted by Gasteiger charge is 2.23. The first-order chi connectivity index (χ1) is 7.70. The molecular weight excluding hydrogens is 202 g/mol. The van der Waals surface area contributed by atoms with E-state index in [1.165, 1.54) is 12.8 Å². The summed E-state index contributed by atoms with van der Waals surface area (Å²) in [6.07, 6.45) is 4.07. The van der Waals surface area contributed by atoms with Gasteiger partial charge in [0.05, 0.1) is 0 Å². The van der Waals surface area contributed by atoms with Crippen LogP contribution in [-0.2, 0) is 0 Å². The molecule has 88 valence electrons. The molecule has 2 heterocycles. The van der Waals surface area contributed by atoms with Crippen LogP contribution in [0.25, 0.3) is 0 Å². The van der Waals surface area contributed by atoms with Crippen molar-refractivity contribution in [2.24, 2.45) is 11.8 Å². The molecule has 16 heavy (non-hydrogen) atoms. The van der Waals surface area contributed by atoms with E-state index in [1.54, 1.807) is 6.33 Å². The zero-order valence-corrected chi connectivity index (χ0v) is 9.85. The Labute approximate surface area is 96.0 Å². The predicted molar refractivity (Wildman–Crippen MR) is 65.0 cm³/mol. The van der Waals surface area contributed by atoms with Gasteiger partial charge in [-0.2, -0.15) is 0 Å². The smallest absolute Gasteiger partial charge is 0.145 e. The normalized spacial score (nSPS) is 25.6. The minimum absolute atomic E-state index is 0.539. The second-order valence-corrected chi connectivity index (χ2v) is 4.59. The number of nitrogens with zero attached hydrogens (tertiary/aromatic N) is 3. The highest BCUT2D eigenvalue weighted by atomic mass is 15.3. The van der Waals surface area contributed by atoms with Crippen molar-refractivity contribution in [1.82, 2.24) is 9.97 Å². The number of aromatic nitrogens is 2. The fourth-order valence-corrected chi connectivity index (χ4v) is 2.19. The molecule has 2 rings (SSSR count). The Morgan fingerprint density at radius 3 is 2.94 bits per heavy atom. The molecule has 0 bridgehead atoms. The number of anilines is 2. The molecule has 2 unspecified atom stereocenters. The van der Waals surface area contributed by atoms with Gasteiger partial charge in [-0.25, -0.2) is 15.8 Å². The SMILES string of the molecule is CC1CCC(C)N(c2cc(NN)ncn2)C1. The number of piperidine rings is 1. The van der Waals surface area contributed by atoms with Crippen LogP contribution in [0.4, 0.5) is 11.6 Å².